The summed E-state index contributed by atoms with van der Waals surface area (Å²) in [6.45, 7) is 2.37. The standard InChI is InChI=1S/C31H36N4O7/c1-14-6-8-15(9-7-14)13-33-19-12-20(34(2)3)17-10-16-11-18-24(35(4)5)27(38)23(30(32)41)29(40)31(18,42)28(39)21(16)26(37)22(17)25(19)36/h6-9,12,16,18,24,33,36-37,40,42H,10-11,13H2,1-5H3,(H2,32,41)/t16-,18-,24-,31-/m0/s1. The van der Waals surface area contributed by atoms with E-state index in [-0.39, 0.29) is 29.7 Å². The summed E-state index contributed by atoms with van der Waals surface area (Å²) >= 11 is 0. The average molecular weight is 577 g/mol. The lowest BCUT2D eigenvalue weighted by atomic mass is 9.57. The van der Waals surface area contributed by atoms with Gasteiger partial charge in [-0.05, 0) is 57.0 Å². The number of aromatic hydroxyl groups is 1. The van der Waals surface area contributed by atoms with Gasteiger partial charge < -0.3 is 36.4 Å². The van der Waals surface area contributed by atoms with E-state index in [0.29, 0.717) is 23.5 Å². The van der Waals surface area contributed by atoms with E-state index in [4.69, 9.17) is 5.73 Å². The number of rotatable bonds is 6. The van der Waals surface area contributed by atoms with Crippen molar-refractivity contribution in [1.29, 1.82) is 0 Å². The third kappa shape index (κ3) is 4.23. The van der Waals surface area contributed by atoms with Crippen LogP contribution in [0.2, 0.25) is 0 Å². The van der Waals surface area contributed by atoms with Crippen molar-refractivity contribution in [2.24, 2.45) is 17.6 Å². The van der Waals surface area contributed by atoms with Crippen molar-refractivity contribution in [3.05, 3.63) is 69.5 Å². The number of nitrogens with two attached hydrogens (primary N) is 1. The number of amides is 1. The van der Waals surface area contributed by atoms with Crippen molar-refractivity contribution in [3.8, 4) is 5.75 Å². The smallest absolute Gasteiger partial charge is 0.255 e. The number of aliphatic hydroxyl groups excluding tert-OH is 2. The monoisotopic (exact) mass is 576 g/mol. The summed E-state index contributed by atoms with van der Waals surface area (Å²) < 4.78 is 0. The number of benzene rings is 2. The summed E-state index contributed by atoms with van der Waals surface area (Å²) in [5.41, 5.74) is 5.46. The highest BCUT2D eigenvalue weighted by Crippen LogP contribution is 2.54. The van der Waals surface area contributed by atoms with Crippen LogP contribution in [0.3, 0.4) is 0 Å². The number of primary amides is 1. The second kappa shape index (κ2) is 10.2. The second-order valence-corrected chi connectivity index (χ2v) is 11.8. The van der Waals surface area contributed by atoms with E-state index in [1.807, 2.05) is 50.2 Å². The molecule has 0 aromatic heterocycles. The second-order valence-electron chi connectivity index (χ2n) is 11.8. The minimum Gasteiger partial charge on any atom is -0.508 e. The molecule has 11 nitrogen and oxygen atoms in total. The molecule has 3 aliphatic carbocycles. The zero-order valence-electron chi connectivity index (χ0n) is 24.2. The van der Waals surface area contributed by atoms with Crippen LogP contribution in [0.4, 0.5) is 11.4 Å². The molecule has 222 valence electrons. The number of hydrogen-bond donors (Lipinski definition) is 6. The Kier molecular flexibility index (Phi) is 7.06. The first-order valence-corrected chi connectivity index (χ1v) is 13.7. The minimum absolute atomic E-state index is 0.0345. The largest absolute Gasteiger partial charge is 0.508 e. The first kappa shape index (κ1) is 29.2. The van der Waals surface area contributed by atoms with Crippen LogP contribution in [0.15, 0.2) is 47.2 Å². The number of Topliss-reactive ketones (excluding diaryl/α,β-unsaturated/α-hetero) is 2. The molecule has 1 saturated carbocycles. The van der Waals surface area contributed by atoms with Gasteiger partial charge in [0.2, 0.25) is 5.78 Å². The lowest BCUT2D eigenvalue weighted by Crippen LogP contribution is -2.65. The zero-order valence-corrected chi connectivity index (χ0v) is 24.2. The number of anilines is 2. The summed E-state index contributed by atoms with van der Waals surface area (Å²) in [5.74, 6) is -6.74. The van der Waals surface area contributed by atoms with Crippen molar-refractivity contribution >= 4 is 34.6 Å². The quantitative estimate of drug-likeness (QED) is 0.220. The number of nitrogens with zero attached hydrogens (tertiary/aromatic N) is 2. The Morgan fingerprint density at radius 1 is 1.10 bits per heavy atom. The van der Waals surface area contributed by atoms with E-state index in [1.54, 1.807) is 20.2 Å². The van der Waals surface area contributed by atoms with Crippen LogP contribution in [0.5, 0.6) is 5.75 Å². The highest BCUT2D eigenvalue weighted by Gasteiger charge is 2.64. The maximum atomic E-state index is 14.1. The maximum Gasteiger partial charge on any atom is 0.255 e. The van der Waals surface area contributed by atoms with E-state index >= 15 is 0 Å². The maximum absolute atomic E-state index is 14.1. The first-order valence-electron chi connectivity index (χ1n) is 13.7. The molecule has 0 heterocycles. The number of fused-ring (bicyclic) bond motifs is 3. The number of carbonyl (C=O) groups excluding carboxylic acids is 3. The normalized spacial score (nSPS) is 25.3. The molecule has 7 N–H and O–H groups in total. The number of nitrogens with one attached hydrogen (secondary N) is 1. The topological polar surface area (TPSA) is 177 Å². The van der Waals surface area contributed by atoms with Gasteiger partial charge in [-0.2, -0.15) is 0 Å². The van der Waals surface area contributed by atoms with Crippen LogP contribution in [0.25, 0.3) is 5.76 Å². The van der Waals surface area contributed by atoms with Crippen molar-refractivity contribution in [2.45, 2.75) is 38.0 Å². The Morgan fingerprint density at radius 3 is 2.31 bits per heavy atom. The Morgan fingerprint density at radius 2 is 1.74 bits per heavy atom. The summed E-state index contributed by atoms with van der Waals surface area (Å²) in [6.07, 6.45) is 0.251. The number of phenolic OH excluding ortho intramolecular Hbond substituents is 1. The molecule has 0 bridgehead atoms. The van der Waals surface area contributed by atoms with Crippen LogP contribution >= 0.6 is 0 Å². The molecule has 2 aromatic rings. The van der Waals surface area contributed by atoms with E-state index in [1.165, 1.54) is 4.90 Å². The number of aryl methyl sites for hydroxylation is 1. The summed E-state index contributed by atoms with van der Waals surface area (Å²) in [4.78, 5) is 42.9. The number of phenols is 1. The third-order valence-electron chi connectivity index (χ3n) is 8.78. The number of likely N-dealkylation sites (N-methyl/N-ethyl adjacent to an activating group) is 1. The molecule has 4 atom stereocenters. The number of hydrogen-bond acceptors (Lipinski definition) is 10. The molecule has 0 radical (unpaired) electrons. The SMILES string of the molecule is Cc1ccc(CNc2cc(N(C)C)c3c(c2O)C(O)=C2C(=O)[C@]4(O)C(O)=C(C(N)=O)C(=O)[C@@H](N(C)C)[C@@H]4C[C@@H]2C3)cc1. The van der Waals surface area contributed by atoms with Gasteiger partial charge in [0.1, 0.15) is 22.8 Å². The van der Waals surface area contributed by atoms with Gasteiger partial charge in [-0.15, -0.1) is 0 Å². The molecule has 1 amide bonds. The molecular formula is C31H36N4O7. The number of carbonyl (C=O) groups is 3. The van der Waals surface area contributed by atoms with Crippen molar-refractivity contribution in [3.63, 3.8) is 0 Å². The molecule has 0 spiro atoms. The molecule has 0 aliphatic heterocycles. The van der Waals surface area contributed by atoms with Crippen molar-refractivity contribution in [1.82, 2.24) is 4.90 Å². The van der Waals surface area contributed by atoms with Crippen LogP contribution in [0, 0.1) is 18.8 Å². The average Bonchev–Trinajstić information content (AvgIpc) is 2.90. The molecule has 2 aromatic carbocycles. The molecule has 0 saturated heterocycles. The first-order chi connectivity index (χ1) is 19.7. The van der Waals surface area contributed by atoms with Crippen LogP contribution < -0.4 is 16.0 Å². The molecule has 11 heteroatoms. The minimum atomic E-state index is -2.67. The van der Waals surface area contributed by atoms with E-state index in [9.17, 15) is 34.8 Å². The molecule has 0 unspecified atom stereocenters. The molecular weight excluding hydrogens is 540 g/mol. The predicted octanol–water partition coefficient (Wildman–Crippen LogP) is 1.95. The third-order valence-corrected chi connectivity index (χ3v) is 8.78. The van der Waals surface area contributed by atoms with Crippen LogP contribution in [0.1, 0.15) is 28.7 Å². The Labute approximate surface area is 243 Å². The lowest BCUT2D eigenvalue weighted by molar-refractivity contribution is -0.153. The summed E-state index contributed by atoms with van der Waals surface area (Å²) in [6, 6.07) is 8.53. The lowest BCUT2D eigenvalue weighted by Gasteiger charge is -2.50. The van der Waals surface area contributed by atoms with Gasteiger partial charge in [0.05, 0.1) is 17.3 Å². The van der Waals surface area contributed by atoms with Gasteiger partial charge in [0.25, 0.3) is 5.91 Å². The fourth-order valence-corrected chi connectivity index (χ4v) is 6.73. The van der Waals surface area contributed by atoms with Crippen molar-refractivity contribution < 1.29 is 34.8 Å². The van der Waals surface area contributed by atoms with Gasteiger partial charge in [0, 0.05) is 37.8 Å². The van der Waals surface area contributed by atoms with E-state index in [2.05, 4.69) is 5.32 Å². The Hall–Kier alpha value is -4.35. The van der Waals surface area contributed by atoms with Crippen LogP contribution in [-0.4, -0.2) is 82.6 Å². The molecule has 3 aliphatic rings. The Bertz CT molecular complexity index is 1570. The van der Waals surface area contributed by atoms with Gasteiger partial charge in [0.15, 0.2) is 11.4 Å². The van der Waals surface area contributed by atoms with Crippen molar-refractivity contribution in [2.75, 3.05) is 38.4 Å². The number of aliphatic hydroxyl groups is 3. The highest BCUT2D eigenvalue weighted by molar-refractivity contribution is 6.24. The Balaban J connectivity index is 1.66. The molecule has 1 fully saturated rings. The summed E-state index contributed by atoms with van der Waals surface area (Å²) in [5, 5.41) is 49.1. The van der Waals surface area contributed by atoms with Gasteiger partial charge in [-0.25, -0.2) is 0 Å². The van der Waals surface area contributed by atoms with Gasteiger partial charge >= 0.3 is 0 Å². The zero-order chi connectivity index (χ0) is 30.8. The highest BCUT2D eigenvalue weighted by atomic mass is 16.3. The number of ketones is 2. The van der Waals surface area contributed by atoms with Gasteiger partial charge in [-0.3, -0.25) is 19.3 Å². The van der Waals surface area contributed by atoms with Gasteiger partial charge in [-0.1, -0.05) is 29.8 Å². The van der Waals surface area contributed by atoms with Crippen LogP contribution in [-0.2, 0) is 27.3 Å². The van der Waals surface area contributed by atoms with E-state index in [0.717, 1.165) is 11.1 Å². The molecule has 5 rings (SSSR count). The fraction of sp³-hybridized carbons (Fsp3) is 0.387. The molecule has 42 heavy (non-hydrogen) atoms. The summed E-state index contributed by atoms with van der Waals surface area (Å²) in [7, 11) is 6.79. The predicted molar refractivity (Wildman–Crippen MR) is 157 cm³/mol. The fourth-order valence-electron chi connectivity index (χ4n) is 6.73. The van der Waals surface area contributed by atoms with E-state index < -0.39 is 58.0 Å².